The maximum absolute atomic E-state index is 13.4. The fourth-order valence-electron chi connectivity index (χ4n) is 4.02. The number of hydrogen-bond donors (Lipinski definition) is 2. The number of aliphatic hydroxyl groups excluding tert-OH is 1. The molecular formula is C29H46N3O9PS. The second kappa shape index (κ2) is 17.8. The normalized spacial score (nSPS) is 13.8. The number of benzene rings is 2. The molecule has 0 amide bonds. The Bertz CT molecular complexity index is 1280. The summed E-state index contributed by atoms with van der Waals surface area (Å²) in [6.45, 7) is 8.15. The number of sulfonamides is 1. The zero-order chi connectivity index (χ0) is 32.0. The molecule has 0 aliphatic heterocycles. The maximum Gasteiger partial charge on any atom is 0.367 e. The van der Waals surface area contributed by atoms with Gasteiger partial charge in [-0.1, -0.05) is 58.7 Å². The van der Waals surface area contributed by atoms with Crippen molar-refractivity contribution in [2.45, 2.75) is 76.8 Å². The summed E-state index contributed by atoms with van der Waals surface area (Å²) >= 11 is 0. The molecule has 0 aliphatic rings. The van der Waals surface area contributed by atoms with Gasteiger partial charge in [-0.3, -0.25) is 14.7 Å². The molecule has 242 valence electrons. The molecule has 0 radical (unpaired) electrons. The Morgan fingerprint density at radius 3 is 2.16 bits per heavy atom. The van der Waals surface area contributed by atoms with Crippen LogP contribution in [0.5, 0.6) is 5.75 Å². The van der Waals surface area contributed by atoms with Crippen LogP contribution >= 0.6 is 7.60 Å². The van der Waals surface area contributed by atoms with E-state index >= 15 is 0 Å². The van der Waals surface area contributed by atoms with Crippen molar-refractivity contribution in [2.24, 2.45) is 11.7 Å². The van der Waals surface area contributed by atoms with Crippen molar-refractivity contribution < 1.29 is 36.8 Å². The van der Waals surface area contributed by atoms with Crippen LogP contribution in [0.25, 0.3) is 0 Å². The van der Waals surface area contributed by atoms with Crippen molar-refractivity contribution in [2.75, 3.05) is 32.7 Å². The van der Waals surface area contributed by atoms with Gasteiger partial charge in [0.1, 0.15) is 5.75 Å². The van der Waals surface area contributed by atoms with Crippen LogP contribution in [-0.2, 0) is 30.1 Å². The SMILES string of the molecule is CCCCOP(=O)(COc1ccc(C[C@H](N)[C@H](O)CN(CC(C)C)S(=O)(=O)c2cccc([N+](=O)[O-])c2)cc1)OCCCC. The van der Waals surface area contributed by atoms with Crippen molar-refractivity contribution in [3.63, 3.8) is 0 Å². The zero-order valence-corrected chi connectivity index (χ0v) is 27.2. The lowest BCUT2D eigenvalue weighted by atomic mass is 10.0. The summed E-state index contributed by atoms with van der Waals surface area (Å²) in [7, 11) is -7.56. The topological polar surface area (TPSA) is 172 Å². The van der Waals surface area contributed by atoms with Crippen molar-refractivity contribution in [3.8, 4) is 5.75 Å². The lowest BCUT2D eigenvalue weighted by Gasteiger charge is -2.28. The Hall–Kier alpha value is -2.38. The van der Waals surface area contributed by atoms with E-state index in [0.29, 0.717) is 19.0 Å². The summed E-state index contributed by atoms with van der Waals surface area (Å²) in [5.74, 6) is 0.385. The van der Waals surface area contributed by atoms with Crippen molar-refractivity contribution in [1.82, 2.24) is 4.31 Å². The molecular weight excluding hydrogens is 597 g/mol. The van der Waals surface area contributed by atoms with E-state index in [-0.39, 0.29) is 42.4 Å². The average Bonchev–Trinajstić information content (AvgIpc) is 2.96. The largest absolute Gasteiger partial charge is 0.481 e. The summed E-state index contributed by atoms with van der Waals surface area (Å²) in [4.78, 5) is 10.3. The number of nitrogens with zero attached hydrogens (tertiary/aromatic N) is 2. The number of hydrogen-bond acceptors (Lipinski definition) is 10. The number of unbranched alkanes of at least 4 members (excludes halogenated alkanes) is 2. The van der Waals surface area contributed by atoms with E-state index in [1.54, 1.807) is 24.3 Å². The van der Waals surface area contributed by atoms with E-state index < -0.39 is 34.7 Å². The number of rotatable bonds is 21. The molecule has 14 heteroatoms. The summed E-state index contributed by atoms with van der Waals surface area (Å²) in [5.41, 5.74) is 6.72. The van der Waals surface area contributed by atoms with Gasteiger partial charge in [0.15, 0.2) is 6.35 Å². The van der Waals surface area contributed by atoms with Crippen LogP contribution in [0.3, 0.4) is 0 Å². The number of non-ortho nitro benzene ring substituents is 1. The molecule has 43 heavy (non-hydrogen) atoms. The Kier molecular flexibility index (Phi) is 15.2. The third kappa shape index (κ3) is 12.3. The van der Waals surface area contributed by atoms with E-state index in [4.69, 9.17) is 19.5 Å². The van der Waals surface area contributed by atoms with Gasteiger partial charge in [0.05, 0.1) is 29.1 Å². The number of aliphatic hydroxyl groups is 1. The summed E-state index contributed by atoms with van der Waals surface area (Å²) in [6.07, 6.45) is 2.13. The molecule has 0 fully saturated rings. The van der Waals surface area contributed by atoms with Gasteiger partial charge in [-0.15, -0.1) is 0 Å². The average molecular weight is 644 g/mol. The molecule has 2 rings (SSSR count). The highest BCUT2D eigenvalue weighted by atomic mass is 32.2. The van der Waals surface area contributed by atoms with E-state index in [2.05, 4.69) is 0 Å². The molecule has 0 saturated carbocycles. The van der Waals surface area contributed by atoms with Gasteiger partial charge in [0.2, 0.25) is 10.0 Å². The number of nitro benzene ring substituents is 1. The lowest BCUT2D eigenvalue weighted by molar-refractivity contribution is -0.385. The van der Waals surface area contributed by atoms with Crippen LogP contribution in [0.15, 0.2) is 53.4 Å². The fraction of sp³-hybridized carbons (Fsp3) is 0.586. The molecule has 0 aromatic heterocycles. The second-order valence-electron chi connectivity index (χ2n) is 10.8. The second-order valence-corrected chi connectivity index (χ2v) is 14.7. The van der Waals surface area contributed by atoms with Crippen LogP contribution in [0.2, 0.25) is 0 Å². The molecule has 2 aromatic rings. The van der Waals surface area contributed by atoms with Crippen molar-refractivity contribution in [3.05, 3.63) is 64.2 Å². The van der Waals surface area contributed by atoms with Gasteiger partial charge in [-0.2, -0.15) is 4.31 Å². The lowest BCUT2D eigenvalue weighted by Crippen LogP contribution is -2.47. The predicted octanol–water partition coefficient (Wildman–Crippen LogP) is 5.34. The first-order valence-electron chi connectivity index (χ1n) is 14.6. The minimum atomic E-state index is -4.14. The summed E-state index contributed by atoms with van der Waals surface area (Å²) < 4.78 is 57.8. The molecule has 0 spiro atoms. The van der Waals surface area contributed by atoms with Gasteiger partial charge >= 0.3 is 7.60 Å². The number of nitrogens with two attached hydrogens (primary N) is 1. The number of ether oxygens (including phenoxy) is 1. The third-order valence-electron chi connectivity index (χ3n) is 6.48. The molecule has 0 unspecified atom stereocenters. The number of nitro groups is 1. The highest BCUT2D eigenvalue weighted by molar-refractivity contribution is 7.89. The Labute approximate surface area is 255 Å². The maximum atomic E-state index is 13.4. The monoisotopic (exact) mass is 643 g/mol. The minimum Gasteiger partial charge on any atom is -0.481 e. The third-order valence-corrected chi connectivity index (χ3v) is 9.90. The fourth-order valence-corrected chi connectivity index (χ4v) is 7.03. The van der Waals surface area contributed by atoms with E-state index in [0.717, 1.165) is 41.6 Å². The van der Waals surface area contributed by atoms with E-state index in [9.17, 15) is 28.2 Å². The Morgan fingerprint density at radius 1 is 1.02 bits per heavy atom. The first kappa shape index (κ1) is 36.8. The highest BCUT2D eigenvalue weighted by Crippen LogP contribution is 2.48. The highest BCUT2D eigenvalue weighted by Gasteiger charge is 2.30. The Morgan fingerprint density at radius 2 is 1.63 bits per heavy atom. The standard InChI is InChI=1S/C29H46N3O9PS/c1-5-7-16-40-42(36,41-17-8-6-2)22-39-26-14-12-24(13-15-26)18-28(30)29(33)21-31(20-23(3)4)43(37,38)27-11-9-10-25(19-27)32(34)35/h9-15,19,23,28-29,33H,5-8,16-18,20-22,30H2,1-4H3/t28-,29+/m0/s1. The quantitative estimate of drug-likeness (QED) is 0.0783. The van der Waals surface area contributed by atoms with E-state index in [1.807, 2.05) is 27.7 Å². The molecule has 2 atom stereocenters. The molecule has 0 aliphatic carbocycles. The van der Waals surface area contributed by atoms with Crippen LogP contribution in [-0.4, -0.2) is 67.5 Å². The predicted molar refractivity (Wildman–Crippen MR) is 166 cm³/mol. The molecule has 12 nitrogen and oxygen atoms in total. The first-order valence-corrected chi connectivity index (χ1v) is 17.8. The summed E-state index contributed by atoms with van der Waals surface area (Å²) in [5, 5.41) is 22.1. The van der Waals surface area contributed by atoms with Crippen LogP contribution in [0, 0.1) is 16.0 Å². The van der Waals surface area contributed by atoms with Gasteiger partial charge in [0, 0.05) is 31.3 Å². The van der Waals surface area contributed by atoms with Crippen molar-refractivity contribution >= 4 is 23.3 Å². The van der Waals surface area contributed by atoms with Crippen molar-refractivity contribution in [1.29, 1.82) is 0 Å². The van der Waals surface area contributed by atoms with Crippen LogP contribution < -0.4 is 10.5 Å². The zero-order valence-electron chi connectivity index (χ0n) is 25.5. The molecule has 0 heterocycles. The van der Waals surface area contributed by atoms with E-state index in [1.165, 1.54) is 18.2 Å². The van der Waals surface area contributed by atoms with Gasteiger partial charge < -0.3 is 24.6 Å². The van der Waals surface area contributed by atoms with Gasteiger partial charge in [-0.25, -0.2) is 8.42 Å². The summed E-state index contributed by atoms with van der Waals surface area (Å²) in [6, 6.07) is 10.9. The molecule has 3 N–H and O–H groups in total. The first-order chi connectivity index (χ1) is 20.3. The van der Waals surface area contributed by atoms with Crippen LogP contribution in [0.4, 0.5) is 5.69 Å². The van der Waals surface area contributed by atoms with Gasteiger partial charge in [0.25, 0.3) is 5.69 Å². The molecule has 0 saturated heterocycles. The van der Waals surface area contributed by atoms with Gasteiger partial charge in [-0.05, 0) is 48.9 Å². The smallest absolute Gasteiger partial charge is 0.367 e. The molecule has 2 aromatic carbocycles. The van der Waals surface area contributed by atoms with Crippen LogP contribution in [0.1, 0.15) is 58.9 Å². The molecule has 0 bridgehead atoms. The Balaban J connectivity index is 2.05. The minimum absolute atomic E-state index is 0.0752.